The van der Waals surface area contributed by atoms with Crippen LogP contribution in [0.4, 0.5) is 4.79 Å². The molecule has 1 heterocycles. The van der Waals surface area contributed by atoms with E-state index in [1.807, 2.05) is 62.0 Å². The van der Waals surface area contributed by atoms with Crippen LogP contribution in [-0.4, -0.2) is 21.5 Å². The highest BCUT2D eigenvalue weighted by Crippen LogP contribution is 2.08. The Bertz CT molecular complexity index is 569. The Morgan fingerprint density at radius 2 is 1.90 bits per heavy atom. The van der Waals surface area contributed by atoms with Crippen molar-refractivity contribution in [3.8, 4) is 0 Å². The number of nitrogens with zero attached hydrogens (tertiary/aromatic N) is 2. The Balaban J connectivity index is 1.84. The summed E-state index contributed by atoms with van der Waals surface area (Å²) < 4.78 is 7.06. The fourth-order valence-corrected chi connectivity index (χ4v) is 1.83. The normalized spacial score (nSPS) is 11.2. The number of nitrogens with one attached hydrogen (secondary N) is 1. The number of carbonyl (C=O) groups is 1. The third kappa shape index (κ3) is 5.30. The molecule has 5 heteroatoms. The molecular weight excluding hydrogens is 266 g/mol. The predicted octanol–water partition coefficient (Wildman–Crippen LogP) is 2.96. The van der Waals surface area contributed by atoms with Gasteiger partial charge in [-0.1, -0.05) is 24.3 Å². The van der Waals surface area contributed by atoms with E-state index < -0.39 is 11.7 Å². The summed E-state index contributed by atoms with van der Waals surface area (Å²) in [6, 6.07) is 9.97. The molecular formula is C16H21N3O2. The second-order valence-electron chi connectivity index (χ2n) is 5.88. The van der Waals surface area contributed by atoms with Gasteiger partial charge < -0.3 is 10.1 Å². The van der Waals surface area contributed by atoms with Crippen molar-refractivity contribution in [1.29, 1.82) is 0 Å². The minimum Gasteiger partial charge on any atom is -0.444 e. The summed E-state index contributed by atoms with van der Waals surface area (Å²) in [6.45, 7) is 6.73. The predicted molar refractivity (Wildman–Crippen MR) is 80.8 cm³/mol. The fraction of sp³-hybridized carbons (Fsp3) is 0.375. The molecule has 0 saturated heterocycles. The van der Waals surface area contributed by atoms with Gasteiger partial charge in [0.05, 0.1) is 6.54 Å². The standard InChI is InChI=1S/C16H21N3O2/c1-16(2,3)21-15(20)17-11-13-5-7-14(8-6-13)12-19-10-4-9-18-19/h4-10H,11-12H2,1-3H3,(H,17,20). The molecule has 112 valence electrons. The third-order valence-electron chi connectivity index (χ3n) is 2.76. The van der Waals surface area contributed by atoms with E-state index in [0.29, 0.717) is 6.54 Å². The molecule has 2 aromatic rings. The molecule has 21 heavy (non-hydrogen) atoms. The molecule has 0 radical (unpaired) electrons. The van der Waals surface area contributed by atoms with Gasteiger partial charge in [0.1, 0.15) is 5.60 Å². The van der Waals surface area contributed by atoms with E-state index in [0.717, 1.165) is 12.1 Å². The minimum absolute atomic E-state index is 0.400. The maximum atomic E-state index is 11.6. The Labute approximate surface area is 124 Å². The maximum absolute atomic E-state index is 11.6. The van der Waals surface area contributed by atoms with E-state index in [9.17, 15) is 4.79 Å². The van der Waals surface area contributed by atoms with Crippen LogP contribution in [0.25, 0.3) is 0 Å². The molecule has 5 nitrogen and oxygen atoms in total. The molecule has 1 aromatic heterocycles. The number of aromatic nitrogens is 2. The van der Waals surface area contributed by atoms with E-state index in [1.165, 1.54) is 5.56 Å². The van der Waals surface area contributed by atoms with Crippen LogP contribution in [-0.2, 0) is 17.8 Å². The van der Waals surface area contributed by atoms with Crippen molar-refractivity contribution in [2.75, 3.05) is 0 Å². The lowest BCUT2D eigenvalue weighted by atomic mass is 10.1. The Morgan fingerprint density at radius 1 is 1.24 bits per heavy atom. The lowest BCUT2D eigenvalue weighted by Crippen LogP contribution is -2.32. The van der Waals surface area contributed by atoms with Crippen molar-refractivity contribution in [1.82, 2.24) is 15.1 Å². The number of rotatable bonds is 4. The lowest BCUT2D eigenvalue weighted by Gasteiger charge is -2.19. The van der Waals surface area contributed by atoms with E-state index in [2.05, 4.69) is 10.4 Å². The topological polar surface area (TPSA) is 56.1 Å². The fourth-order valence-electron chi connectivity index (χ4n) is 1.83. The summed E-state index contributed by atoms with van der Waals surface area (Å²) in [5.41, 5.74) is 1.72. The summed E-state index contributed by atoms with van der Waals surface area (Å²) in [5, 5.41) is 6.91. The number of hydrogen-bond acceptors (Lipinski definition) is 3. The molecule has 0 saturated carbocycles. The molecule has 0 aliphatic carbocycles. The summed E-state index contributed by atoms with van der Waals surface area (Å²) in [5.74, 6) is 0. The average molecular weight is 287 g/mol. The zero-order valence-electron chi connectivity index (χ0n) is 12.7. The molecule has 0 bridgehead atoms. The quantitative estimate of drug-likeness (QED) is 0.940. The third-order valence-corrected chi connectivity index (χ3v) is 2.76. The van der Waals surface area contributed by atoms with Crippen molar-refractivity contribution < 1.29 is 9.53 Å². The summed E-state index contributed by atoms with van der Waals surface area (Å²) in [4.78, 5) is 11.6. The summed E-state index contributed by atoms with van der Waals surface area (Å²) in [6.07, 6.45) is 3.29. The van der Waals surface area contributed by atoms with E-state index in [4.69, 9.17) is 4.74 Å². The van der Waals surface area contributed by atoms with Crippen LogP contribution in [0.5, 0.6) is 0 Å². The van der Waals surface area contributed by atoms with Crippen LogP contribution in [0.1, 0.15) is 31.9 Å². The van der Waals surface area contributed by atoms with Gasteiger partial charge in [0.2, 0.25) is 0 Å². The largest absolute Gasteiger partial charge is 0.444 e. The zero-order chi connectivity index (χ0) is 15.3. The van der Waals surface area contributed by atoms with Gasteiger partial charge in [0.25, 0.3) is 0 Å². The molecule has 0 unspecified atom stereocenters. The molecule has 0 aliphatic heterocycles. The molecule has 0 fully saturated rings. The van der Waals surface area contributed by atoms with Crippen molar-refractivity contribution in [3.05, 3.63) is 53.9 Å². The van der Waals surface area contributed by atoms with Crippen molar-refractivity contribution in [2.24, 2.45) is 0 Å². The smallest absolute Gasteiger partial charge is 0.407 e. The van der Waals surface area contributed by atoms with Crippen molar-refractivity contribution in [2.45, 2.75) is 39.5 Å². The molecule has 1 N–H and O–H groups in total. The van der Waals surface area contributed by atoms with Gasteiger partial charge in [-0.05, 0) is 38.0 Å². The minimum atomic E-state index is -0.474. The van der Waals surface area contributed by atoms with Crippen LogP contribution in [0.15, 0.2) is 42.7 Å². The van der Waals surface area contributed by atoms with Gasteiger partial charge in [-0.15, -0.1) is 0 Å². The number of ether oxygens (including phenoxy) is 1. The molecule has 1 aromatic carbocycles. The number of hydrogen-bond donors (Lipinski definition) is 1. The van der Waals surface area contributed by atoms with Gasteiger partial charge in [0, 0.05) is 18.9 Å². The molecule has 0 atom stereocenters. The lowest BCUT2D eigenvalue weighted by molar-refractivity contribution is 0.0523. The highest BCUT2D eigenvalue weighted by molar-refractivity contribution is 5.67. The van der Waals surface area contributed by atoms with Gasteiger partial charge in [-0.2, -0.15) is 5.10 Å². The van der Waals surface area contributed by atoms with Gasteiger partial charge in [0.15, 0.2) is 0 Å². The van der Waals surface area contributed by atoms with Gasteiger partial charge >= 0.3 is 6.09 Å². The molecule has 0 aliphatic rings. The first kappa shape index (κ1) is 15.1. The highest BCUT2D eigenvalue weighted by atomic mass is 16.6. The zero-order valence-corrected chi connectivity index (χ0v) is 12.7. The first-order valence-electron chi connectivity index (χ1n) is 6.94. The number of alkyl carbamates (subject to hydrolysis) is 1. The molecule has 0 spiro atoms. The average Bonchev–Trinajstić information content (AvgIpc) is 2.89. The molecule has 2 rings (SSSR count). The molecule has 1 amide bonds. The van der Waals surface area contributed by atoms with Crippen LogP contribution >= 0.6 is 0 Å². The Kier molecular flexibility index (Phi) is 4.62. The SMILES string of the molecule is CC(C)(C)OC(=O)NCc1ccc(Cn2cccn2)cc1. The van der Waals surface area contributed by atoms with Gasteiger partial charge in [-0.25, -0.2) is 4.79 Å². The first-order chi connectivity index (χ1) is 9.92. The number of amides is 1. The first-order valence-corrected chi connectivity index (χ1v) is 6.94. The van der Waals surface area contributed by atoms with Gasteiger partial charge in [-0.3, -0.25) is 4.68 Å². The summed E-state index contributed by atoms with van der Waals surface area (Å²) in [7, 11) is 0. The second-order valence-corrected chi connectivity index (χ2v) is 5.88. The van der Waals surface area contributed by atoms with Crippen molar-refractivity contribution in [3.63, 3.8) is 0 Å². The maximum Gasteiger partial charge on any atom is 0.407 e. The summed E-state index contributed by atoms with van der Waals surface area (Å²) >= 11 is 0. The second kappa shape index (κ2) is 6.43. The van der Waals surface area contributed by atoms with Crippen LogP contribution < -0.4 is 5.32 Å². The number of benzene rings is 1. The number of carbonyl (C=O) groups excluding carboxylic acids is 1. The van der Waals surface area contributed by atoms with Crippen LogP contribution in [0, 0.1) is 0 Å². The highest BCUT2D eigenvalue weighted by Gasteiger charge is 2.15. The van der Waals surface area contributed by atoms with Crippen LogP contribution in [0.2, 0.25) is 0 Å². The van der Waals surface area contributed by atoms with E-state index in [1.54, 1.807) is 6.20 Å². The monoisotopic (exact) mass is 287 g/mol. The van der Waals surface area contributed by atoms with Crippen molar-refractivity contribution >= 4 is 6.09 Å². The van der Waals surface area contributed by atoms with E-state index in [-0.39, 0.29) is 0 Å². The Morgan fingerprint density at radius 3 is 2.48 bits per heavy atom. The van der Waals surface area contributed by atoms with Crippen LogP contribution in [0.3, 0.4) is 0 Å². The Hall–Kier alpha value is -2.30. The van der Waals surface area contributed by atoms with E-state index >= 15 is 0 Å².